The fourth-order valence-corrected chi connectivity index (χ4v) is 4.41. The molecular formula is C15H15N5OS2. The van der Waals surface area contributed by atoms with Gasteiger partial charge in [-0.3, -0.25) is 4.79 Å². The Morgan fingerprint density at radius 2 is 2.17 bits per heavy atom. The molecule has 0 spiro atoms. The van der Waals surface area contributed by atoms with Gasteiger partial charge >= 0.3 is 0 Å². The number of H-pyrrole nitrogens is 1. The second-order valence-electron chi connectivity index (χ2n) is 6.15. The van der Waals surface area contributed by atoms with Crippen LogP contribution < -0.4 is 5.56 Å². The number of aromatic nitrogens is 5. The summed E-state index contributed by atoms with van der Waals surface area (Å²) < 4.78 is 3.01. The molecule has 0 atom stereocenters. The molecule has 0 saturated heterocycles. The summed E-state index contributed by atoms with van der Waals surface area (Å²) in [7, 11) is 0. The predicted molar refractivity (Wildman–Crippen MR) is 90.1 cm³/mol. The molecule has 2 aliphatic carbocycles. The van der Waals surface area contributed by atoms with E-state index in [4.69, 9.17) is 0 Å². The molecule has 6 nitrogen and oxygen atoms in total. The summed E-state index contributed by atoms with van der Waals surface area (Å²) in [4.78, 5) is 19.4. The zero-order valence-electron chi connectivity index (χ0n) is 12.4. The largest absolute Gasteiger partial charge is 0.309 e. The number of hydrogen-bond donors (Lipinski definition) is 1. The number of aromatic amines is 1. The molecule has 2 fully saturated rings. The van der Waals surface area contributed by atoms with Crippen molar-refractivity contribution in [3.05, 3.63) is 33.4 Å². The van der Waals surface area contributed by atoms with Crippen LogP contribution in [0.5, 0.6) is 0 Å². The zero-order valence-corrected chi connectivity index (χ0v) is 14.0. The van der Waals surface area contributed by atoms with Crippen molar-refractivity contribution in [2.75, 3.05) is 0 Å². The van der Waals surface area contributed by atoms with Gasteiger partial charge in [0.2, 0.25) is 0 Å². The third-order valence-electron chi connectivity index (χ3n) is 4.25. The van der Waals surface area contributed by atoms with E-state index < -0.39 is 0 Å². The standard InChI is InChI=1S/C15H15N5OS2/c21-14-12-10(5-6-22-12)16-11(17-14)7-23-15-19-18-13(8-1-2-8)20(15)9-3-4-9/h5-6,8-9H,1-4,7H2,(H,16,17,21). The van der Waals surface area contributed by atoms with Gasteiger partial charge in [0.1, 0.15) is 16.3 Å². The average Bonchev–Trinajstić information content (AvgIpc) is 3.47. The second-order valence-corrected chi connectivity index (χ2v) is 8.01. The highest BCUT2D eigenvalue weighted by molar-refractivity contribution is 7.98. The van der Waals surface area contributed by atoms with E-state index in [1.54, 1.807) is 11.8 Å². The molecular weight excluding hydrogens is 330 g/mol. The minimum absolute atomic E-state index is 0.0528. The number of nitrogens with one attached hydrogen (secondary N) is 1. The van der Waals surface area contributed by atoms with E-state index >= 15 is 0 Å². The van der Waals surface area contributed by atoms with E-state index in [1.165, 1.54) is 37.0 Å². The molecule has 0 unspecified atom stereocenters. The van der Waals surface area contributed by atoms with Crippen molar-refractivity contribution in [1.82, 2.24) is 24.7 Å². The molecule has 118 valence electrons. The van der Waals surface area contributed by atoms with E-state index in [1.807, 2.05) is 11.4 Å². The maximum Gasteiger partial charge on any atom is 0.268 e. The Labute approximate surface area is 140 Å². The van der Waals surface area contributed by atoms with Gasteiger partial charge in [-0.2, -0.15) is 0 Å². The first kappa shape index (κ1) is 13.7. The molecule has 3 heterocycles. The lowest BCUT2D eigenvalue weighted by molar-refractivity contribution is 0.626. The van der Waals surface area contributed by atoms with Gasteiger partial charge in [0.25, 0.3) is 5.56 Å². The first-order chi connectivity index (χ1) is 11.3. The highest BCUT2D eigenvalue weighted by Gasteiger charge is 2.36. The normalized spacial score (nSPS) is 17.9. The maximum atomic E-state index is 12.0. The monoisotopic (exact) mass is 345 g/mol. The average molecular weight is 345 g/mol. The van der Waals surface area contributed by atoms with Gasteiger partial charge in [-0.1, -0.05) is 11.8 Å². The van der Waals surface area contributed by atoms with E-state index in [9.17, 15) is 4.79 Å². The highest BCUT2D eigenvalue weighted by Crippen LogP contribution is 2.46. The summed E-state index contributed by atoms with van der Waals surface area (Å²) in [5.41, 5.74) is 0.722. The van der Waals surface area contributed by atoms with Gasteiger partial charge in [-0.15, -0.1) is 21.5 Å². The molecule has 23 heavy (non-hydrogen) atoms. The summed E-state index contributed by atoms with van der Waals surface area (Å²) in [6.45, 7) is 0. The zero-order chi connectivity index (χ0) is 15.4. The van der Waals surface area contributed by atoms with E-state index in [0.29, 0.717) is 28.2 Å². The number of thioether (sulfide) groups is 1. The number of thiophene rings is 1. The lowest BCUT2D eigenvalue weighted by Crippen LogP contribution is -2.09. The molecule has 0 bridgehead atoms. The van der Waals surface area contributed by atoms with Crippen molar-refractivity contribution in [3.8, 4) is 0 Å². The summed E-state index contributed by atoms with van der Waals surface area (Å²) in [6.07, 6.45) is 4.92. The Morgan fingerprint density at radius 3 is 2.96 bits per heavy atom. The van der Waals surface area contributed by atoms with Crippen LogP contribution in [0.25, 0.3) is 10.2 Å². The van der Waals surface area contributed by atoms with Gasteiger partial charge in [0.15, 0.2) is 5.16 Å². The van der Waals surface area contributed by atoms with Crippen molar-refractivity contribution >= 4 is 33.3 Å². The molecule has 0 amide bonds. The van der Waals surface area contributed by atoms with Crippen LogP contribution in [0.3, 0.4) is 0 Å². The molecule has 3 aromatic rings. The Kier molecular flexibility index (Phi) is 3.09. The Bertz CT molecular complexity index is 935. The number of fused-ring (bicyclic) bond motifs is 1. The number of rotatable bonds is 5. The molecule has 2 aliphatic rings. The fraction of sp³-hybridized carbons (Fsp3) is 0.467. The first-order valence-electron chi connectivity index (χ1n) is 7.83. The lowest BCUT2D eigenvalue weighted by Gasteiger charge is -2.07. The topological polar surface area (TPSA) is 76.5 Å². The second kappa shape index (κ2) is 5.17. The number of hydrogen-bond acceptors (Lipinski definition) is 6. The van der Waals surface area contributed by atoms with Crippen molar-refractivity contribution in [2.45, 2.75) is 48.6 Å². The predicted octanol–water partition coefficient (Wildman–Crippen LogP) is 3.08. The van der Waals surface area contributed by atoms with Gasteiger partial charge in [-0.05, 0) is 37.1 Å². The number of nitrogens with zero attached hydrogens (tertiary/aromatic N) is 4. The van der Waals surface area contributed by atoms with E-state index in [-0.39, 0.29) is 5.56 Å². The smallest absolute Gasteiger partial charge is 0.268 e. The Balaban J connectivity index is 1.42. The molecule has 8 heteroatoms. The van der Waals surface area contributed by atoms with Gasteiger partial charge in [-0.25, -0.2) is 4.98 Å². The molecule has 0 aromatic carbocycles. The third-order valence-corrected chi connectivity index (χ3v) is 6.10. The summed E-state index contributed by atoms with van der Waals surface area (Å²) >= 11 is 3.04. The van der Waals surface area contributed by atoms with Crippen molar-refractivity contribution in [3.63, 3.8) is 0 Å². The van der Waals surface area contributed by atoms with Gasteiger partial charge < -0.3 is 9.55 Å². The van der Waals surface area contributed by atoms with Crippen LogP contribution in [0, 0.1) is 0 Å². The van der Waals surface area contributed by atoms with E-state index in [2.05, 4.69) is 24.7 Å². The Morgan fingerprint density at radius 1 is 1.30 bits per heavy atom. The van der Waals surface area contributed by atoms with Crippen molar-refractivity contribution < 1.29 is 0 Å². The first-order valence-corrected chi connectivity index (χ1v) is 9.70. The minimum atomic E-state index is -0.0528. The third kappa shape index (κ3) is 2.49. The minimum Gasteiger partial charge on any atom is -0.309 e. The quantitative estimate of drug-likeness (QED) is 0.719. The van der Waals surface area contributed by atoms with Crippen molar-refractivity contribution in [2.24, 2.45) is 0 Å². The van der Waals surface area contributed by atoms with Crippen LogP contribution in [-0.2, 0) is 5.75 Å². The summed E-state index contributed by atoms with van der Waals surface area (Å²) in [5, 5.41) is 11.7. The maximum absolute atomic E-state index is 12.0. The molecule has 2 saturated carbocycles. The van der Waals surface area contributed by atoms with Gasteiger partial charge in [0.05, 0.1) is 11.3 Å². The van der Waals surface area contributed by atoms with Crippen LogP contribution in [-0.4, -0.2) is 24.7 Å². The van der Waals surface area contributed by atoms with E-state index in [0.717, 1.165) is 16.5 Å². The van der Waals surface area contributed by atoms with Gasteiger partial charge in [0, 0.05) is 12.0 Å². The van der Waals surface area contributed by atoms with Crippen LogP contribution in [0.15, 0.2) is 21.4 Å². The highest BCUT2D eigenvalue weighted by atomic mass is 32.2. The molecule has 5 rings (SSSR count). The van der Waals surface area contributed by atoms with Crippen LogP contribution in [0.1, 0.15) is 49.3 Å². The molecule has 3 aromatic heterocycles. The summed E-state index contributed by atoms with van der Waals surface area (Å²) in [6, 6.07) is 2.47. The Hall–Kier alpha value is -1.67. The fourth-order valence-electron chi connectivity index (χ4n) is 2.81. The van der Waals surface area contributed by atoms with Crippen molar-refractivity contribution in [1.29, 1.82) is 0 Å². The SMILES string of the molecule is O=c1[nH]c(CSc2nnc(C3CC3)n2C2CC2)nc2ccsc12. The molecule has 1 N–H and O–H groups in total. The summed E-state index contributed by atoms with van der Waals surface area (Å²) in [5.74, 6) is 3.07. The lowest BCUT2D eigenvalue weighted by atomic mass is 10.4. The van der Waals surface area contributed by atoms with Crippen LogP contribution in [0.4, 0.5) is 0 Å². The molecule has 0 aliphatic heterocycles. The van der Waals surface area contributed by atoms with Crippen LogP contribution in [0.2, 0.25) is 0 Å². The molecule has 0 radical (unpaired) electrons. The van der Waals surface area contributed by atoms with Crippen LogP contribution >= 0.6 is 23.1 Å².